The number of primary amides is 1. The normalized spacial score (nSPS) is 11.3. The highest BCUT2D eigenvalue weighted by atomic mass is 32.2. The lowest BCUT2D eigenvalue weighted by atomic mass is 10.3. The third kappa shape index (κ3) is 5.69. The van der Waals surface area contributed by atoms with Crippen molar-refractivity contribution in [2.45, 2.75) is 11.3 Å². The van der Waals surface area contributed by atoms with Crippen LogP contribution in [0.25, 0.3) is 0 Å². The second-order valence-corrected chi connectivity index (χ2v) is 8.20. The molecule has 1 rings (SSSR count). The molecule has 2 amide bonds. The van der Waals surface area contributed by atoms with Crippen LogP contribution in [0.4, 0.5) is 5.69 Å². The number of nitrogens with two attached hydrogens (primary N) is 1. The van der Waals surface area contributed by atoms with Gasteiger partial charge in [0.15, 0.2) is 0 Å². The number of methoxy groups -OCH3 is 1. The maximum absolute atomic E-state index is 12.3. The van der Waals surface area contributed by atoms with E-state index in [1.807, 2.05) is 0 Å². The molecule has 8 nitrogen and oxygen atoms in total. The van der Waals surface area contributed by atoms with E-state index in [1.165, 1.54) is 45.1 Å². The van der Waals surface area contributed by atoms with Gasteiger partial charge in [0.1, 0.15) is 10.6 Å². The average Bonchev–Trinajstić information content (AvgIpc) is 2.51. The number of benzene rings is 1. The topological polar surface area (TPSA) is 119 Å². The number of hydrogen-bond donors (Lipinski definition) is 2. The number of carbonyl (C=O) groups excluding carboxylic acids is 2. The van der Waals surface area contributed by atoms with Gasteiger partial charge in [0.2, 0.25) is 21.8 Å². The predicted molar refractivity (Wildman–Crippen MR) is 93.6 cm³/mol. The summed E-state index contributed by atoms with van der Waals surface area (Å²) in [5.74, 6) is 0.0626. The van der Waals surface area contributed by atoms with Crippen LogP contribution in [0.5, 0.6) is 5.75 Å². The smallest absolute Gasteiger partial charge is 0.246 e. The quantitative estimate of drug-likeness (QED) is 0.607. The molecule has 0 fully saturated rings. The van der Waals surface area contributed by atoms with Gasteiger partial charge < -0.3 is 15.8 Å². The summed E-state index contributed by atoms with van der Waals surface area (Å²) >= 11 is 1.26. The Morgan fingerprint density at radius 1 is 1.33 bits per heavy atom. The molecule has 1 aromatic carbocycles. The molecule has 0 aliphatic carbocycles. The van der Waals surface area contributed by atoms with Crippen LogP contribution in [-0.2, 0) is 19.6 Å². The predicted octanol–water partition coefficient (Wildman–Crippen LogP) is 0.493. The maximum atomic E-state index is 12.3. The minimum Gasteiger partial charge on any atom is -0.495 e. The van der Waals surface area contributed by atoms with Crippen molar-refractivity contribution in [2.24, 2.45) is 5.73 Å². The number of sulfonamides is 1. The van der Waals surface area contributed by atoms with Gasteiger partial charge in [0.25, 0.3) is 0 Å². The highest BCUT2D eigenvalue weighted by Crippen LogP contribution is 2.28. The van der Waals surface area contributed by atoms with E-state index in [9.17, 15) is 18.0 Å². The van der Waals surface area contributed by atoms with E-state index >= 15 is 0 Å². The highest BCUT2D eigenvalue weighted by Gasteiger charge is 2.22. The third-order valence-corrected chi connectivity index (χ3v) is 5.74. The first-order valence-corrected chi connectivity index (χ1v) is 9.54. The zero-order chi connectivity index (χ0) is 18.3. The van der Waals surface area contributed by atoms with Crippen LogP contribution < -0.4 is 15.8 Å². The SMILES string of the molecule is COc1ccc(NC(=O)CCSCC(N)=O)cc1S(=O)(=O)N(C)C. The molecular weight excluding hydrogens is 354 g/mol. The van der Waals surface area contributed by atoms with Crippen LogP contribution in [-0.4, -0.2) is 57.2 Å². The number of nitrogens with one attached hydrogen (secondary N) is 1. The molecule has 0 atom stereocenters. The molecule has 0 radical (unpaired) electrons. The summed E-state index contributed by atoms with van der Waals surface area (Å²) in [6, 6.07) is 4.39. The largest absolute Gasteiger partial charge is 0.495 e. The number of ether oxygens (including phenoxy) is 1. The fourth-order valence-corrected chi connectivity index (χ4v) is 3.46. The van der Waals surface area contributed by atoms with Crippen LogP contribution >= 0.6 is 11.8 Å². The Morgan fingerprint density at radius 2 is 2.00 bits per heavy atom. The zero-order valence-corrected chi connectivity index (χ0v) is 15.4. The Labute approximate surface area is 145 Å². The van der Waals surface area contributed by atoms with Crippen molar-refractivity contribution in [1.29, 1.82) is 0 Å². The summed E-state index contributed by atoms with van der Waals surface area (Å²) < 4.78 is 30.8. The van der Waals surface area contributed by atoms with Gasteiger partial charge in [-0.2, -0.15) is 11.8 Å². The minimum absolute atomic E-state index is 0.0316. The first kappa shape index (κ1) is 20.3. The van der Waals surface area contributed by atoms with Crippen LogP contribution in [0.2, 0.25) is 0 Å². The number of amides is 2. The first-order chi connectivity index (χ1) is 11.2. The van der Waals surface area contributed by atoms with Crippen LogP contribution in [0, 0.1) is 0 Å². The second kappa shape index (κ2) is 8.90. The van der Waals surface area contributed by atoms with Crippen molar-refractivity contribution in [2.75, 3.05) is 38.0 Å². The molecule has 3 N–H and O–H groups in total. The maximum Gasteiger partial charge on any atom is 0.246 e. The van der Waals surface area contributed by atoms with Gasteiger partial charge >= 0.3 is 0 Å². The summed E-state index contributed by atoms with van der Waals surface area (Å²) in [7, 11) is 0.492. The molecule has 10 heteroatoms. The summed E-state index contributed by atoms with van der Waals surface area (Å²) in [5, 5.41) is 2.63. The third-order valence-electron chi connectivity index (χ3n) is 2.92. The Balaban J connectivity index is 2.83. The molecule has 0 unspecified atom stereocenters. The van der Waals surface area contributed by atoms with Crippen LogP contribution in [0.15, 0.2) is 23.1 Å². The molecule has 0 heterocycles. The van der Waals surface area contributed by atoms with E-state index in [-0.39, 0.29) is 28.7 Å². The molecule has 0 saturated heterocycles. The van der Waals surface area contributed by atoms with Gasteiger partial charge in [-0.25, -0.2) is 12.7 Å². The first-order valence-electron chi connectivity index (χ1n) is 6.95. The number of rotatable bonds is 9. The number of carbonyl (C=O) groups is 2. The molecule has 134 valence electrons. The molecule has 0 aliphatic heterocycles. The Bertz CT molecular complexity index is 704. The van der Waals surface area contributed by atoms with Gasteiger partial charge in [-0.15, -0.1) is 0 Å². The van der Waals surface area contributed by atoms with Gasteiger partial charge in [-0.3, -0.25) is 9.59 Å². The molecule has 1 aromatic rings. The van der Waals surface area contributed by atoms with Gasteiger partial charge in [0, 0.05) is 32.0 Å². The molecule has 0 spiro atoms. The zero-order valence-electron chi connectivity index (χ0n) is 13.7. The lowest BCUT2D eigenvalue weighted by molar-refractivity contribution is -0.116. The van der Waals surface area contributed by atoms with Gasteiger partial charge in [-0.1, -0.05) is 0 Å². The minimum atomic E-state index is -3.71. The molecule has 24 heavy (non-hydrogen) atoms. The van der Waals surface area contributed by atoms with E-state index in [0.29, 0.717) is 11.4 Å². The fourth-order valence-electron chi connectivity index (χ4n) is 1.71. The van der Waals surface area contributed by atoms with Crippen LogP contribution in [0.3, 0.4) is 0 Å². The monoisotopic (exact) mass is 375 g/mol. The second-order valence-electron chi connectivity index (χ2n) is 4.97. The lowest BCUT2D eigenvalue weighted by Gasteiger charge is -2.16. The molecule has 0 bridgehead atoms. The van der Waals surface area contributed by atoms with E-state index in [1.54, 1.807) is 6.07 Å². The van der Waals surface area contributed by atoms with E-state index in [0.717, 1.165) is 4.31 Å². The lowest BCUT2D eigenvalue weighted by Crippen LogP contribution is -2.23. The summed E-state index contributed by atoms with van der Waals surface area (Å²) in [6.45, 7) is 0. The van der Waals surface area contributed by atoms with Crippen molar-refractivity contribution in [3.8, 4) is 5.75 Å². The number of nitrogens with zero attached hydrogens (tertiary/aromatic N) is 1. The number of hydrogen-bond acceptors (Lipinski definition) is 6. The number of thioether (sulfide) groups is 1. The Hall–Kier alpha value is -1.78. The van der Waals surface area contributed by atoms with Gasteiger partial charge in [-0.05, 0) is 18.2 Å². The van der Waals surface area contributed by atoms with Crippen molar-refractivity contribution in [3.05, 3.63) is 18.2 Å². The average molecular weight is 375 g/mol. The summed E-state index contributed by atoms with van der Waals surface area (Å²) in [6.07, 6.45) is 0.180. The Morgan fingerprint density at radius 3 is 2.54 bits per heavy atom. The molecule has 0 aromatic heterocycles. The van der Waals surface area contributed by atoms with E-state index in [2.05, 4.69) is 5.32 Å². The van der Waals surface area contributed by atoms with Crippen LogP contribution in [0.1, 0.15) is 6.42 Å². The van der Waals surface area contributed by atoms with E-state index < -0.39 is 15.9 Å². The fraction of sp³-hybridized carbons (Fsp3) is 0.429. The van der Waals surface area contributed by atoms with Crippen molar-refractivity contribution >= 4 is 39.3 Å². The van der Waals surface area contributed by atoms with Crippen molar-refractivity contribution in [1.82, 2.24) is 4.31 Å². The summed E-state index contributed by atoms with van der Waals surface area (Å²) in [5.41, 5.74) is 5.36. The summed E-state index contributed by atoms with van der Waals surface area (Å²) in [4.78, 5) is 22.5. The molecular formula is C14H21N3O5S2. The highest BCUT2D eigenvalue weighted by molar-refractivity contribution is 7.99. The van der Waals surface area contributed by atoms with Crippen molar-refractivity contribution in [3.63, 3.8) is 0 Å². The van der Waals surface area contributed by atoms with Gasteiger partial charge in [0.05, 0.1) is 12.9 Å². The van der Waals surface area contributed by atoms with E-state index in [4.69, 9.17) is 10.5 Å². The standard InChI is InChI=1S/C14H21N3O5S2/c1-17(2)24(20,21)12-8-10(4-5-11(12)22-3)16-14(19)6-7-23-9-13(15)18/h4-5,8H,6-7,9H2,1-3H3,(H2,15,18)(H,16,19). The Kier molecular flexibility index (Phi) is 7.52. The molecule has 0 saturated carbocycles. The number of anilines is 1. The van der Waals surface area contributed by atoms with Crippen molar-refractivity contribution < 1.29 is 22.7 Å². The molecule has 0 aliphatic rings.